The van der Waals surface area contributed by atoms with E-state index in [0.717, 1.165) is 61.6 Å². The van der Waals surface area contributed by atoms with Crippen molar-refractivity contribution in [2.75, 3.05) is 9.80 Å². The first-order valence-corrected chi connectivity index (χ1v) is 20.7. The maximum Gasteiger partial charge on any atom is 0.159 e. The summed E-state index contributed by atoms with van der Waals surface area (Å²) in [7, 11) is 0. The molecule has 0 radical (unpaired) electrons. The van der Waals surface area contributed by atoms with Crippen LogP contribution in [0.2, 0.25) is 0 Å². The van der Waals surface area contributed by atoms with Gasteiger partial charge in [0.1, 0.15) is 5.58 Å². The highest BCUT2D eigenvalue weighted by Crippen LogP contribution is 2.51. The maximum atomic E-state index is 6.49. The van der Waals surface area contributed by atoms with Crippen molar-refractivity contribution in [3.05, 3.63) is 230 Å². The minimum Gasteiger partial charge on any atom is -0.454 e. The molecule has 1 aliphatic carbocycles. The lowest BCUT2D eigenvalue weighted by Crippen LogP contribution is -2.15. The van der Waals surface area contributed by atoms with Crippen LogP contribution in [-0.4, -0.2) is 0 Å². The van der Waals surface area contributed by atoms with E-state index in [9.17, 15) is 0 Å². The van der Waals surface area contributed by atoms with Gasteiger partial charge < -0.3 is 14.2 Å². The van der Waals surface area contributed by atoms with Gasteiger partial charge in [0.25, 0.3) is 0 Å². The number of furan rings is 1. The standard InChI is InChI=1S/C57H42N2O/c1-57(2)52-21-11-9-18-48(52)51-38-47(36-37-53(51)57)58(43-14-5-3-6-15-43)45-32-28-41(29-33-45)39-24-26-40(27-25-39)42-30-34-46(35-31-42)59(44-16-7-4-8-17-44)54-22-13-20-50-49-19-10-12-23-55(49)60-56(50)54/h3-38H,1-2H3. The van der Waals surface area contributed by atoms with E-state index < -0.39 is 0 Å². The molecule has 0 aliphatic heterocycles. The Morgan fingerprint density at radius 2 is 0.817 bits per heavy atom. The predicted molar refractivity (Wildman–Crippen MR) is 252 cm³/mol. The highest BCUT2D eigenvalue weighted by atomic mass is 16.3. The van der Waals surface area contributed by atoms with Crippen LogP contribution in [0.15, 0.2) is 223 Å². The van der Waals surface area contributed by atoms with Crippen LogP contribution in [0.4, 0.5) is 34.1 Å². The van der Waals surface area contributed by atoms with Crippen molar-refractivity contribution in [1.29, 1.82) is 0 Å². The molecule has 0 unspecified atom stereocenters. The van der Waals surface area contributed by atoms with Crippen molar-refractivity contribution in [3.63, 3.8) is 0 Å². The Kier molecular flexibility index (Phi) is 8.49. The molecule has 0 saturated carbocycles. The first-order chi connectivity index (χ1) is 29.5. The molecular formula is C57H42N2O. The molecule has 0 bridgehead atoms. The molecule has 3 nitrogen and oxygen atoms in total. The monoisotopic (exact) mass is 770 g/mol. The Hall–Kier alpha value is -7.62. The summed E-state index contributed by atoms with van der Waals surface area (Å²) < 4.78 is 6.49. The Morgan fingerprint density at radius 1 is 0.350 bits per heavy atom. The van der Waals surface area contributed by atoms with Crippen molar-refractivity contribution in [2.45, 2.75) is 19.3 Å². The van der Waals surface area contributed by atoms with Gasteiger partial charge in [-0.25, -0.2) is 0 Å². The normalized spacial score (nSPS) is 12.6. The molecule has 1 aromatic heterocycles. The van der Waals surface area contributed by atoms with E-state index in [1.165, 1.54) is 38.9 Å². The van der Waals surface area contributed by atoms with E-state index in [4.69, 9.17) is 4.42 Å². The number of hydrogen-bond acceptors (Lipinski definition) is 3. The number of benzene rings is 9. The van der Waals surface area contributed by atoms with Gasteiger partial charge in [-0.15, -0.1) is 0 Å². The topological polar surface area (TPSA) is 19.6 Å². The number of para-hydroxylation sites is 4. The van der Waals surface area contributed by atoms with E-state index in [1.54, 1.807) is 0 Å². The molecule has 11 rings (SSSR count). The largest absolute Gasteiger partial charge is 0.454 e. The quantitative estimate of drug-likeness (QED) is 0.153. The lowest BCUT2D eigenvalue weighted by Gasteiger charge is -2.27. The highest BCUT2D eigenvalue weighted by Gasteiger charge is 2.35. The number of fused-ring (bicyclic) bond motifs is 6. The summed E-state index contributed by atoms with van der Waals surface area (Å²) in [6, 6.07) is 78.3. The number of rotatable bonds is 8. The Bertz CT molecular complexity index is 3150. The van der Waals surface area contributed by atoms with Gasteiger partial charge in [0, 0.05) is 44.6 Å². The molecule has 60 heavy (non-hydrogen) atoms. The first-order valence-electron chi connectivity index (χ1n) is 20.7. The fourth-order valence-electron chi connectivity index (χ4n) is 9.25. The molecule has 0 N–H and O–H groups in total. The zero-order valence-corrected chi connectivity index (χ0v) is 33.6. The summed E-state index contributed by atoms with van der Waals surface area (Å²) in [4.78, 5) is 4.64. The summed E-state index contributed by atoms with van der Waals surface area (Å²) in [6.07, 6.45) is 0. The average molecular weight is 771 g/mol. The molecule has 3 heteroatoms. The molecule has 0 saturated heterocycles. The Balaban J connectivity index is 0.883. The molecule has 9 aromatic carbocycles. The van der Waals surface area contributed by atoms with Gasteiger partial charge in [-0.3, -0.25) is 0 Å². The third-order valence-electron chi connectivity index (χ3n) is 12.3. The summed E-state index contributed by atoms with van der Waals surface area (Å²) in [5, 5.41) is 2.23. The zero-order chi connectivity index (χ0) is 40.2. The van der Waals surface area contributed by atoms with Crippen LogP contribution < -0.4 is 9.80 Å². The summed E-state index contributed by atoms with van der Waals surface area (Å²) in [5.41, 5.74) is 18.4. The third kappa shape index (κ3) is 5.98. The van der Waals surface area contributed by atoms with Crippen molar-refractivity contribution in [1.82, 2.24) is 0 Å². The van der Waals surface area contributed by atoms with Crippen LogP contribution in [0.3, 0.4) is 0 Å². The molecule has 0 atom stereocenters. The number of hydrogen-bond donors (Lipinski definition) is 0. The second-order valence-corrected chi connectivity index (χ2v) is 16.2. The van der Waals surface area contributed by atoms with Gasteiger partial charge in [0.05, 0.1) is 5.69 Å². The SMILES string of the molecule is CC1(C)c2ccccc2-c2cc(N(c3ccccc3)c3ccc(-c4ccc(-c5ccc(N(c6ccccc6)c6cccc7c6oc6ccccc67)cc5)cc4)cc3)ccc21. The van der Waals surface area contributed by atoms with Crippen LogP contribution >= 0.6 is 0 Å². The molecule has 1 heterocycles. The molecule has 0 fully saturated rings. The molecule has 1 aliphatic rings. The van der Waals surface area contributed by atoms with Crippen molar-refractivity contribution in [2.24, 2.45) is 0 Å². The van der Waals surface area contributed by atoms with E-state index in [-0.39, 0.29) is 5.41 Å². The smallest absolute Gasteiger partial charge is 0.159 e. The van der Waals surface area contributed by atoms with E-state index >= 15 is 0 Å². The minimum absolute atomic E-state index is 0.0290. The average Bonchev–Trinajstić information content (AvgIpc) is 3.80. The van der Waals surface area contributed by atoms with Crippen LogP contribution in [-0.2, 0) is 5.41 Å². The summed E-state index contributed by atoms with van der Waals surface area (Å²) in [5.74, 6) is 0. The van der Waals surface area contributed by atoms with E-state index in [2.05, 4.69) is 230 Å². The molecule has 0 spiro atoms. The summed E-state index contributed by atoms with van der Waals surface area (Å²) in [6.45, 7) is 4.67. The molecule has 0 amide bonds. The number of nitrogens with zero attached hydrogens (tertiary/aromatic N) is 2. The number of anilines is 6. The van der Waals surface area contributed by atoms with Crippen molar-refractivity contribution < 1.29 is 4.42 Å². The minimum atomic E-state index is -0.0290. The van der Waals surface area contributed by atoms with Crippen LogP contribution in [0.1, 0.15) is 25.0 Å². The second-order valence-electron chi connectivity index (χ2n) is 16.2. The van der Waals surface area contributed by atoms with Crippen molar-refractivity contribution >= 4 is 56.1 Å². The van der Waals surface area contributed by atoms with Gasteiger partial charge in [-0.1, -0.05) is 159 Å². The molecule has 10 aromatic rings. The fraction of sp³-hybridized carbons (Fsp3) is 0.0526. The van der Waals surface area contributed by atoms with Gasteiger partial charge in [-0.2, -0.15) is 0 Å². The lowest BCUT2D eigenvalue weighted by atomic mass is 9.82. The maximum absolute atomic E-state index is 6.49. The summed E-state index contributed by atoms with van der Waals surface area (Å²) >= 11 is 0. The molecule has 286 valence electrons. The van der Waals surface area contributed by atoms with Gasteiger partial charge in [0.15, 0.2) is 5.58 Å². The fourth-order valence-corrected chi connectivity index (χ4v) is 9.25. The molecular weight excluding hydrogens is 729 g/mol. The predicted octanol–water partition coefficient (Wildman–Crippen LogP) is 16.2. The first kappa shape index (κ1) is 35.5. The zero-order valence-electron chi connectivity index (χ0n) is 33.6. The van der Waals surface area contributed by atoms with Crippen LogP contribution in [0.25, 0.3) is 55.3 Å². The highest BCUT2D eigenvalue weighted by molar-refractivity contribution is 6.10. The van der Waals surface area contributed by atoms with Gasteiger partial charge in [0.2, 0.25) is 0 Å². The Morgan fingerprint density at radius 3 is 1.47 bits per heavy atom. The van der Waals surface area contributed by atoms with Crippen LogP contribution in [0.5, 0.6) is 0 Å². The van der Waals surface area contributed by atoms with Gasteiger partial charge in [-0.05, 0) is 117 Å². The van der Waals surface area contributed by atoms with Crippen LogP contribution in [0, 0.1) is 0 Å². The van der Waals surface area contributed by atoms with E-state index in [0.29, 0.717) is 0 Å². The Labute approximate surface area is 351 Å². The van der Waals surface area contributed by atoms with Crippen molar-refractivity contribution in [3.8, 4) is 33.4 Å². The second kappa shape index (κ2) is 14.3. The van der Waals surface area contributed by atoms with E-state index in [1.807, 2.05) is 12.1 Å². The van der Waals surface area contributed by atoms with Gasteiger partial charge >= 0.3 is 0 Å². The lowest BCUT2D eigenvalue weighted by molar-refractivity contribution is 0.660. The third-order valence-corrected chi connectivity index (χ3v) is 12.3.